The minimum absolute atomic E-state index is 0.0598. The van der Waals surface area contributed by atoms with Gasteiger partial charge in [0, 0.05) is 11.1 Å². The first-order chi connectivity index (χ1) is 9.11. The number of aliphatic hydroxyl groups is 1. The number of benzene rings is 1. The van der Waals surface area contributed by atoms with Gasteiger partial charge >= 0.3 is 0 Å². The van der Waals surface area contributed by atoms with Gasteiger partial charge in [0.25, 0.3) is 5.56 Å². The molecule has 19 heavy (non-hydrogen) atoms. The van der Waals surface area contributed by atoms with Crippen LogP contribution in [0.15, 0.2) is 41.2 Å². The Kier molecular flexibility index (Phi) is 4.02. The van der Waals surface area contributed by atoms with Crippen LogP contribution in [0.5, 0.6) is 5.75 Å². The molecule has 0 aliphatic carbocycles. The normalized spacial score (nSPS) is 10.7. The van der Waals surface area contributed by atoms with Crippen molar-refractivity contribution in [2.45, 2.75) is 26.6 Å². The topological polar surface area (TPSA) is 62.3 Å². The lowest BCUT2D eigenvalue weighted by molar-refractivity contribution is 0.243. The van der Waals surface area contributed by atoms with Crippen LogP contribution in [-0.4, -0.2) is 16.2 Å². The largest absolute Gasteiger partial charge is 0.490 e. The first-order valence-electron chi connectivity index (χ1n) is 6.21. The third-order valence-corrected chi connectivity index (χ3v) is 2.70. The number of aliphatic hydroxyl groups excluding tert-OH is 1. The number of hydrogen-bond donors (Lipinski definition) is 2. The molecule has 4 nitrogen and oxygen atoms in total. The van der Waals surface area contributed by atoms with E-state index in [2.05, 4.69) is 4.98 Å². The number of pyridine rings is 1. The van der Waals surface area contributed by atoms with E-state index in [4.69, 9.17) is 9.84 Å². The number of nitrogens with one attached hydrogen (secondary N) is 1. The van der Waals surface area contributed by atoms with E-state index in [1.165, 1.54) is 0 Å². The SMILES string of the molecule is CC(C)Oc1ccccc1-c1ccc(CO)c(=O)[nH]1. The second-order valence-electron chi connectivity index (χ2n) is 4.55. The van der Waals surface area contributed by atoms with E-state index in [9.17, 15) is 4.79 Å². The standard InChI is InChI=1S/C15H17NO3/c1-10(2)19-14-6-4-3-5-12(14)13-8-7-11(9-17)15(18)16-13/h3-8,10,17H,9H2,1-2H3,(H,16,18). The zero-order valence-electron chi connectivity index (χ0n) is 11.0. The number of aromatic nitrogens is 1. The lowest BCUT2D eigenvalue weighted by Gasteiger charge is -2.14. The van der Waals surface area contributed by atoms with Gasteiger partial charge in [-0.05, 0) is 38.1 Å². The molecule has 0 bridgehead atoms. The highest BCUT2D eigenvalue weighted by atomic mass is 16.5. The van der Waals surface area contributed by atoms with Gasteiger partial charge in [-0.2, -0.15) is 0 Å². The Balaban J connectivity index is 2.47. The number of ether oxygens (including phenoxy) is 1. The summed E-state index contributed by atoms with van der Waals surface area (Å²) in [5.41, 5.74) is 1.58. The molecule has 1 heterocycles. The fraction of sp³-hybridized carbons (Fsp3) is 0.267. The molecule has 0 saturated carbocycles. The van der Waals surface area contributed by atoms with E-state index < -0.39 is 0 Å². The Morgan fingerprint density at radius 1 is 1.21 bits per heavy atom. The van der Waals surface area contributed by atoms with Crippen molar-refractivity contribution in [3.63, 3.8) is 0 Å². The molecule has 4 heteroatoms. The van der Waals surface area contributed by atoms with Gasteiger partial charge in [-0.1, -0.05) is 12.1 Å². The van der Waals surface area contributed by atoms with Crippen LogP contribution in [0.3, 0.4) is 0 Å². The summed E-state index contributed by atoms with van der Waals surface area (Å²) in [5.74, 6) is 0.727. The highest BCUT2D eigenvalue weighted by molar-refractivity contribution is 5.67. The van der Waals surface area contributed by atoms with Crippen molar-refractivity contribution in [2.75, 3.05) is 0 Å². The summed E-state index contributed by atoms with van der Waals surface area (Å²) < 4.78 is 5.72. The van der Waals surface area contributed by atoms with Gasteiger partial charge in [-0.15, -0.1) is 0 Å². The van der Waals surface area contributed by atoms with Crippen molar-refractivity contribution < 1.29 is 9.84 Å². The van der Waals surface area contributed by atoms with Gasteiger partial charge in [0.2, 0.25) is 0 Å². The van der Waals surface area contributed by atoms with E-state index in [1.54, 1.807) is 12.1 Å². The molecule has 0 aliphatic heterocycles. The molecule has 0 atom stereocenters. The molecule has 0 aliphatic rings. The molecule has 100 valence electrons. The molecule has 1 aromatic heterocycles. The van der Waals surface area contributed by atoms with Crippen molar-refractivity contribution in [2.24, 2.45) is 0 Å². The predicted molar refractivity (Wildman–Crippen MR) is 74.2 cm³/mol. The number of para-hydroxylation sites is 1. The van der Waals surface area contributed by atoms with Crippen molar-refractivity contribution in [3.05, 3.63) is 52.3 Å². The number of aromatic amines is 1. The summed E-state index contributed by atoms with van der Waals surface area (Å²) in [5, 5.41) is 9.01. The highest BCUT2D eigenvalue weighted by Crippen LogP contribution is 2.28. The van der Waals surface area contributed by atoms with Crippen LogP contribution in [0.25, 0.3) is 11.3 Å². The van der Waals surface area contributed by atoms with Crippen LogP contribution in [0.2, 0.25) is 0 Å². The van der Waals surface area contributed by atoms with Crippen molar-refractivity contribution in [1.29, 1.82) is 0 Å². The van der Waals surface area contributed by atoms with Gasteiger partial charge in [-0.3, -0.25) is 4.79 Å². The lowest BCUT2D eigenvalue weighted by Crippen LogP contribution is -2.13. The Labute approximate surface area is 111 Å². The van der Waals surface area contributed by atoms with E-state index in [-0.39, 0.29) is 18.3 Å². The van der Waals surface area contributed by atoms with Gasteiger partial charge in [0.15, 0.2) is 0 Å². The molecule has 0 fully saturated rings. The monoisotopic (exact) mass is 259 g/mol. The Morgan fingerprint density at radius 2 is 1.95 bits per heavy atom. The quantitative estimate of drug-likeness (QED) is 0.885. The minimum Gasteiger partial charge on any atom is -0.490 e. The molecular weight excluding hydrogens is 242 g/mol. The second-order valence-corrected chi connectivity index (χ2v) is 4.55. The van der Waals surface area contributed by atoms with E-state index in [0.29, 0.717) is 11.3 Å². The summed E-state index contributed by atoms with van der Waals surface area (Å²) in [6, 6.07) is 10.9. The number of rotatable bonds is 4. The third-order valence-electron chi connectivity index (χ3n) is 2.70. The molecule has 0 unspecified atom stereocenters. The smallest absolute Gasteiger partial charge is 0.253 e. The fourth-order valence-corrected chi connectivity index (χ4v) is 1.83. The third kappa shape index (κ3) is 3.03. The maximum absolute atomic E-state index is 11.7. The lowest BCUT2D eigenvalue weighted by atomic mass is 10.1. The Hall–Kier alpha value is -2.07. The first-order valence-corrected chi connectivity index (χ1v) is 6.21. The maximum atomic E-state index is 11.7. The van der Waals surface area contributed by atoms with E-state index >= 15 is 0 Å². The van der Waals surface area contributed by atoms with Crippen molar-refractivity contribution >= 4 is 0 Å². The molecule has 0 saturated heterocycles. The zero-order valence-corrected chi connectivity index (χ0v) is 11.0. The molecule has 2 N–H and O–H groups in total. The summed E-state index contributed by atoms with van der Waals surface area (Å²) in [6.07, 6.45) is 0.0598. The molecule has 2 rings (SSSR count). The highest BCUT2D eigenvalue weighted by Gasteiger charge is 2.09. The van der Waals surface area contributed by atoms with E-state index in [0.717, 1.165) is 11.3 Å². The predicted octanol–water partition coefficient (Wildman–Crippen LogP) is 2.32. The Bertz CT molecular complexity index is 617. The number of hydrogen-bond acceptors (Lipinski definition) is 3. The van der Waals surface area contributed by atoms with E-state index in [1.807, 2.05) is 38.1 Å². The molecule has 0 spiro atoms. The molecule has 1 aromatic carbocycles. The summed E-state index contributed by atoms with van der Waals surface area (Å²) in [6.45, 7) is 3.64. The summed E-state index contributed by atoms with van der Waals surface area (Å²) in [7, 11) is 0. The molecule has 2 aromatic rings. The zero-order chi connectivity index (χ0) is 13.8. The molecule has 0 radical (unpaired) electrons. The Morgan fingerprint density at radius 3 is 2.58 bits per heavy atom. The van der Waals surface area contributed by atoms with Crippen LogP contribution in [0.4, 0.5) is 0 Å². The van der Waals surface area contributed by atoms with Crippen LogP contribution < -0.4 is 10.3 Å². The summed E-state index contributed by atoms with van der Waals surface area (Å²) >= 11 is 0. The first kappa shape index (κ1) is 13.4. The van der Waals surface area contributed by atoms with Gasteiger partial charge in [-0.25, -0.2) is 0 Å². The van der Waals surface area contributed by atoms with Crippen molar-refractivity contribution in [1.82, 2.24) is 4.98 Å². The van der Waals surface area contributed by atoms with Crippen LogP contribution in [0, 0.1) is 0 Å². The van der Waals surface area contributed by atoms with Gasteiger partial charge in [0.1, 0.15) is 5.75 Å². The maximum Gasteiger partial charge on any atom is 0.253 e. The van der Waals surface area contributed by atoms with Gasteiger partial charge < -0.3 is 14.8 Å². The second kappa shape index (κ2) is 5.71. The molecular formula is C15H17NO3. The fourth-order valence-electron chi connectivity index (χ4n) is 1.83. The summed E-state index contributed by atoms with van der Waals surface area (Å²) in [4.78, 5) is 14.5. The number of H-pyrrole nitrogens is 1. The average Bonchev–Trinajstić information content (AvgIpc) is 2.38. The van der Waals surface area contributed by atoms with Crippen LogP contribution in [-0.2, 0) is 6.61 Å². The van der Waals surface area contributed by atoms with Crippen LogP contribution in [0.1, 0.15) is 19.4 Å². The van der Waals surface area contributed by atoms with Crippen molar-refractivity contribution in [3.8, 4) is 17.0 Å². The van der Waals surface area contributed by atoms with Crippen LogP contribution >= 0.6 is 0 Å². The minimum atomic E-state index is -0.278. The average molecular weight is 259 g/mol. The van der Waals surface area contributed by atoms with Gasteiger partial charge in [0.05, 0.1) is 18.4 Å². The molecule has 0 amide bonds.